The van der Waals surface area contributed by atoms with E-state index in [1.165, 1.54) is 16.8 Å². The van der Waals surface area contributed by atoms with Crippen LogP contribution in [0.4, 0.5) is 0 Å². The number of carbonyl (C=O) groups is 1. The highest BCUT2D eigenvalue weighted by molar-refractivity contribution is 7.80. The molecule has 2 aromatic carbocycles. The number of nitrogens with one attached hydrogen (secondary N) is 3. The highest BCUT2D eigenvalue weighted by Gasteiger charge is 2.16. The van der Waals surface area contributed by atoms with E-state index in [4.69, 9.17) is 17.0 Å². The highest BCUT2D eigenvalue weighted by Crippen LogP contribution is 2.27. The number of thiocarbonyl (C=S) groups is 1. The van der Waals surface area contributed by atoms with Gasteiger partial charge in [-0.15, -0.1) is 0 Å². The van der Waals surface area contributed by atoms with E-state index in [1.54, 1.807) is 0 Å². The molecular formula is C24H28N4O2S. The van der Waals surface area contributed by atoms with E-state index in [1.807, 2.05) is 24.3 Å². The highest BCUT2D eigenvalue weighted by atomic mass is 32.1. The first kappa shape index (κ1) is 21.3. The number of rotatable bonds is 5. The summed E-state index contributed by atoms with van der Waals surface area (Å²) < 4.78 is 7.86. The van der Waals surface area contributed by atoms with Crippen LogP contribution in [-0.2, 0) is 11.3 Å². The predicted molar refractivity (Wildman–Crippen MR) is 127 cm³/mol. The lowest BCUT2D eigenvalue weighted by atomic mass is 10.1. The summed E-state index contributed by atoms with van der Waals surface area (Å²) in [5, 5.41) is 4.55. The van der Waals surface area contributed by atoms with Crippen LogP contribution in [0.25, 0.3) is 10.9 Å². The number of fused-ring (bicyclic) bond motifs is 1. The minimum Gasteiger partial charge on any atom is -0.376 e. The lowest BCUT2D eigenvalue weighted by molar-refractivity contribution is 0.0943. The Bertz CT molecular complexity index is 1090. The molecule has 2 heterocycles. The van der Waals surface area contributed by atoms with Gasteiger partial charge in [-0.25, -0.2) is 0 Å². The first-order chi connectivity index (χ1) is 15.0. The van der Waals surface area contributed by atoms with Crippen LogP contribution in [-0.4, -0.2) is 34.8 Å². The van der Waals surface area contributed by atoms with Gasteiger partial charge in [0.25, 0.3) is 5.91 Å². The summed E-state index contributed by atoms with van der Waals surface area (Å²) in [6, 6.07) is 16.2. The summed E-state index contributed by atoms with van der Waals surface area (Å²) in [7, 11) is 0. The van der Waals surface area contributed by atoms with Crippen LogP contribution in [0, 0.1) is 13.8 Å². The Morgan fingerprint density at radius 3 is 2.71 bits per heavy atom. The third-order valence-corrected chi connectivity index (χ3v) is 6.13. The maximum Gasteiger partial charge on any atom is 0.269 e. The van der Waals surface area contributed by atoms with E-state index < -0.39 is 0 Å². The van der Waals surface area contributed by atoms with E-state index in [9.17, 15) is 4.79 Å². The molecule has 0 unspecified atom stereocenters. The van der Waals surface area contributed by atoms with Gasteiger partial charge in [0.05, 0.1) is 6.10 Å². The number of aromatic nitrogens is 1. The van der Waals surface area contributed by atoms with Gasteiger partial charge >= 0.3 is 0 Å². The summed E-state index contributed by atoms with van der Waals surface area (Å²) >= 11 is 5.24. The Hall–Kier alpha value is -2.90. The fourth-order valence-corrected chi connectivity index (χ4v) is 4.14. The molecule has 3 aromatic rings. The number of nitrogens with zero attached hydrogens (tertiary/aromatic N) is 1. The van der Waals surface area contributed by atoms with Crippen molar-refractivity contribution >= 4 is 34.1 Å². The summed E-state index contributed by atoms with van der Waals surface area (Å²) in [6.07, 6.45) is 2.30. The van der Waals surface area contributed by atoms with E-state index in [-0.39, 0.29) is 12.0 Å². The van der Waals surface area contributed by atoms with Crippen molar-refractivity contribution < 1.29 is 9.53 Å². The monoisotopic (exact) mass is 436 g/mol. The Labute approximate surface area is 187 Å². The van der Waals surface area contributed by atoms with Crippen molar-refractivity contribution in [1.29, 1.82) is 0 Å². The number of amides is 1. The fraction of sp³-hybridized carbons (Fsp3) is 0.333. The molecule has 1 aliphatic rings. The van der Waals surface area contributed by atoms with Crippen molar-refractivity contribution in [3.8, 4) is 0 Å². The molecule has 162 valence electrons. The largest absolute Gasteiger partial charge is 0.376 e. The maximum absolute atomic E-state index is 12.7. The molecular weight excluding hydrogens is 408 g/mol. The number of hydrogen-bond acceptors (Lipinski definition) is 3. The van der Waals surface area contributed by atoms with Crippen molar-refractivity contribution in [2.24, 2.45) is 0 Å². The molecule has 0 bridgehead atoms. The summed E-state index contributed by atoms with van der Waals surface area (Å²) in [5.41, 5.74) is 10.8. The van der Waals surface area contributed by atoms with Gasteiger partial charge < -0.3 is 14.6 Å². The topological polar surface area (TPSA) is 67.3 Å². The van der Waals surface area contributed by atoms with Gasteiger partial charge in [-0.05, 0) is 68.2 Å². The molecule has 31 heavy (non-hydrogen) atoms. The maximum atomic E-state index is 12.7. The summed E-state index contributed by atoms with van der Waals surface area (Å²) in [5.74, 6) is -0.226. The molecule has 3 N–H and O–H groups in total. The van der Waals surface area contributed by atoms with Crippen molar-refractivity contribution in [3.63, 3.8) is 0 Å². The van der Waals surface area contributed by atoms with Gasteiger partial charge in [-0.1, -0.05) is 30.3 Å². The molecule has 1 atom stereocenters. The van der Waals surface area contributed by atoms with Gasteiger partial charge in [0.2, 0.25) is 0 Å². The molecule has 4 rings (SSSR count). The van der Waals surface area contributed by atoms with Crippen LogP contribution in [0.2, 0.25) is 0 Å². The lowest BCUT2D eigenvalue weighted by Gasteiger charge is -2.14. The number of aryl methyl sites for hydroxylation is 1. The number of hydrogen-bond donors (Lipinski definition) is 3. The van der Waals surface area contributed by atoms with Gasteiger partial charge in [-0.2, -0.15) is 0 Å². The molecule has 0 spiro atoms. The molecule has 1 saturated heterocycles. The quantitative estimate of drug-likeness (QED) is 0.421. The Morgan fingerprint density at radius 2 is 1.97 bits per heavy atom. The molecule has 0 aliphatic carbocycles. The molecule has 6 nitrogen and oxygen atoms in total. The predicted octanol–water partition coefficient (Wildman–Crippen LogP) is 3.59. The van der Waals surface area contributed by atoms with E-state index in [2.05, 4.69) is 58.8 Å². The first-order valence-corrected chi connectivity index (χ1v) is 11.0. The van der Waals surface area contributed by atoms with Crippen LogP contribution in [0.5, 0.6) is 0 Å². The number of benzene rings is 2. The fourth-order valence-electron chi connectivity index (χ4n) is 4.00. The number of hydrazine groups is 1. The normalized spacial score (nSPS) is 15.7. The Morgan fingerprint density at radius 1 is 1.16 bits per heavy atom. The van der Waals surface area contributed by atoms with Gasteiger partial charge in [-0.3, -0.25) is 15.6 Å². The minimum absolute atomic E-state index is 0.184. The van der Waals surface area contributed by atoms with Gasteiger partial charge in [0.15, 0.2) is 5.11 Å². The van der Waals surface area contributed by atoms with Crippen molar-refractivity contribution in [1.82, 2.24) is 20.7 Å². The second kappa shape index (κ2) is 9.49. The lowest BCUT2D eigenvalue weighted by Crippen LogP contribution is -2.48. The third kappa shape index (κ3) is 4.89. The molecule has 1 aliphatic heterocycles. The zero-order chi connectivity index (χ0) is 21.8. The average molecular weight is 437 g/mol. The van der Waals surface area contributed by atoms with Crippen LogP contribution in [0.3, 0.4) is 0 Å². The number of carbonyl (C=O) groups excluding carboxylic acids is 1. The van der Waals surface area contributed by atoms with E-state index in [0.29, 0.717) is 17.2 Å². The molecule has 1 fully saturated rings. The minimum atomic E-state index is -0.226. The molecule has 1 aromatic heterocycles. The Kier molecular flexibility index (Phi) is 6.53. The summed E-state index contributed by atoms with van der Waals surface area (Å²) in [4.78, 5) is 12.7. The zero-order valence-corrected chi connectivity index (χ0v) is 18.7. The standard InChI is InChI=1S/C24H28N4O2S/c1-16-17(2)28(15-18-7-4-3-5-8-18)22-11-10-19(13-21(16)22)23(29)26-27-24(31)25-14-20-9-6-12-30-20/h3-5,7-8,10-11,13,20H,6,9,12,14-15H2,1-2H3,(H,26,29)(H2,25,27,31)/t20-/m0/s1. The van der Waals surface area contributed by atoms with Crippen molar-refractivity contribution in [2.45, 2.75) is 39.3 Å². The molecule has 1 amide bonds. The van der Waals surface area contributed by atoms with Crippen LogP contribution >= 0.6 is 12.2 Å². The summed E-state index contributed by atoms with van der Waals surface area (Å²) in [6.45, 7) is 6.47. The Balaban J connectivity index is 1.43. The molecule has 0 saturated carbocycles. The molecule has 7 heteroatoms. The smallest absolute Gasteiger partial charge is 0.269 e. The van der Waals surface area contributed by atoms with E-state index in [0.717, 1.165) is 36.9 Å². The molecule has 0 radical (unpaired) electrons. The number of ether oxygens (including phenoxy) is 1. The van der Waals surface area contributed by atoms with Gasteiger partial charge in [0.1, 0.15) is 0 Å². The average Bonchev–Trinajstić information content (AvgIpc) is 3.40. The van der Waals surface area contributed by atoms with E-state index >= 15 is 0 Å². The van der Waals surface area contributed by atoms with Crippen LogP contribution < -0.4 is 16.2 Å². The second-order valence-corrected chi connectivity index (χ2v) is 8.35. The van der Waals surface area contributed by atoms with Crippen LogP contribution in [0.15, 0.2) is 48.5 Å². The zero-order valence-electron chi connectivity index (χ0n) is 17.9. The second-order valence-electron chi connectivity index (χ2n) is 7.94. The van der Waals surface area contributed by atoms with Crippen molar-refractivity contribution in [2.75, 3.05) is 13.2 Å². The first-order valence-electron chi connectivity index (χ1n) is 10.6. The van der Waals surface area contributed by atoms with Crippen molar-refractivity contribution in [3.05, 3.63) is 70.9 Å². The van der Waals surface area contributed by atoms with Gasteiger partial charge in [0, 0.05) is 41.9 Å². The van der Waals surface area contributed by atoms with Crippen LogP contribution in [0.1, 0.15) is 40.0 Å². The third-order valence-electron chi connectivity index (χ3n) is 5.89. The SMILES string of the molecule is Cc1c(C)n(Cc2ccccc2)c2ccc(C(=O)NNC(=S)NC[C@@H]3CCCO3)cc12.